The van der Waals surface area contributed by atoms with E-state index in [4.69, 9.17) is 4.74 Å². The van der Waals surface area contributed by atoms with Crippen molar-refractivity contribution in [2.75, 3.05) is 6.61 Å². The number of aliphatic hydroxyl groups excluding tert-OH is 1. The topological polar surface area (TPSA) is 46.5 Å². The fourth-order valence-corrected chi connectivity index (χ4v) is 1.53. The zero-order valence-electron chi connectivity index (χ0n) is 11.4. The van der Waals surface area contributed by atoms with Gasteiger partial charge in [-0.25, -0.2) is 4.79 Å². The molecule has 3 nitrogen and oxygen atoms in total. The Balaban J connectivity index is 3.06. The second kappa shape index (κ2) is 6.36. The number of carbonyl (C=O) groups is 1. The summed E-state index contributed by atoms with van der Waals surface area (Å²) in [5, 5.41) is 9.22. The van der Waals surface area contributed by atoms with Crippen molar-refractivity contribution in [3.63, 3.8) is 0 Å². The van der Waals surface area contributed by atoms with E-state index in [1.54, 1.807) is 19.9 Å². The van der Waals surface area contributed by atoms with Gasteiger partial charge in [-0.05, 0) is 32.4 Å². The van der Waals surface area contributed by atoms with Crippen LogP contribution in [-0.2, 0) is 4.79 Å². The number of esters is 1. The highest BCUT2D eigenvalue weighted by molar-refractivity contribution is 5.89. The monoisotopic (exact) mass is 248 g/mol. The van der Waals surface area contributed by atoms with Crippen molar-refractivity contribution in [3.8, 4) is 5.75 Å². The van der Waals surface area contributed by atoms with Gasteiger partial charge >= 0.3 is 5.97 Å². The van der Waals surface area contributed by atoms with E-state index >= 15 is 0 Å². The maximum Gasteiger partial charge on any atom is 0.338 e. The van der Waals surface area contributed by atoms with E-state index in [9.17, 15) is 9.90 Å². The SMILES string of the molecule is C/C=C(/C)C(=O)Oc1cc(C)ccc1[C@H](C)CO. The first-order valence-corrected chi connectivity index (χ1v) is 6.06. The molecule has 1 aromatic rings. The van der Waals surface area contributed by atoms with Gasteiger partial charge in [-0.1, -0.05) is 25.1 Å². The van der Waals surface area contributed by atoms with Gasteiger partial charge in [0.1, 0.15) is 5.75 Å². The molecule has 0 radical (unpaired) electrons. The molecule has 0 spiro atoms. The summed E-state index contributed by atoms with van der Waals surface area (Å²) in [5.74, 6) is 0.122. The number of allylic oxidation sites excluding steroid dienone is 1. The molecule has 0 bridgehead atoms. The van der Waals surface area contributed by atoms with Gasteiger partial charge in [0.2, 0.25) is 0 Å². The van der Waals surface area contributed by atoms with E-state index in [0.717, 1.165) is 11.1 Å². The summed E-state index contributed by atoms with van der Waals surface area (Å²) in [7, 11) is 0. The number of carbonyl (C=O) groups excluding carboxylic acids is 1. The second-order valence-electron chi connectivity index (χ2n) is 4.49. The average Bonchev–Trinajstić information content (AvgIpc) is 2.37. The molecule has 1 atom stereocenters. The molecule has 98 valence electrons. The quantitative estimate of drug-likeness (QED) is 0.506. The van der Waals surface area contributed by atoms with Gasteiger partial charge in [-0.3, -0.25) is 0 Å². The summed E-state index contributed by atoms with van der Waals surface area (Å²) >= 11 is 0. The van der Waals surface area contributed by atoms with Gasteiger partial charge < -0.3 is 9.84 Å². The second-order valence-corrected chi connectivity index (χ2v) is 4.49. The van der Waals surface area contributed by atoms with Crippen LogP contribution in [0.2, 0.25) is 0 Å². The molecule has 0 saturated carbocycles. The van der Waals surface area contributed by atoms with E-state index in [-0.39, 0.29) is 18.5 Å². The molecule has 0 saturated heterocycles. The molecule has 0 aliphatic carbocycles. The van der Waals surface area contributed by atoms with Crippen molar-refractivity contribution in [2.24, 2.45) is 0 Å². The van der Waals surface area contributed by atoms with E-state index < -0.39 is 0 Å². The standard InChI is InChI=1S/C15H20O3/c1-5-11(3)15(17)18-14-8-10(2)6-7-13(14)12(4)9-16/h5-8,12,16H,9H2,1-4H3/b11-5-/t12-/m1/s1. The Morgan fingerprint density at radius 3 is 2.72 bits per heavy atom. The Kier molecular flexibility index (Phi) is 5.10. The smallest absolute Gasteiger partial charge is 0.338 e. The van der Waals surface area contributed by atoms with Crippen LogP contribution in [0.1, 0.15) is 37.8 Å². The Labute approximate surface area is 108 Å². The third-order valence-corrected chi connectivity index (χ3v) is 2.93. The van der Waals surface area contributed by atoms with Crippen LogP contribution in [0.5, 0.6) is 5.75 Å². The summed E-state index contributed by atoms with van der Waals surface area (Å²) in [4.78, 5) is 11.8. The highest BCUT2D eigenvalue weighted by Gasteiger charge is 2.14. The summed E-state index contributed by atoms with van der Waals surface area (Å²) in [6.07, 6.45) is 1.72. The first-order valence-electron chi connectivity index (χ1n) is 6.06. The predicted molar refractivity (Wildman–Crippen MR) is 71.7 cm³/mol. The van der Waals surface area contributed by atoms with Crippen LogP contribution in [0, 0.1) is 6.92 Å². The van der Waals surface area contributed by atoms with Crippen molar-refractivity contribution in [3.05, 3.63) is 41.0 Å². The lowest BCUT2D eigenvalue weighted by molar-refractivity contribution is -0.130. The lowest BCUT2D eigenvalue weighted by atomic mass is 9.99. The normalized spacial score (nSPS) is 13.3. The maximum atomic E-state index is 11.8. The minimum Gasteiger partial charge on any atom is -0.423 e. The van der Waals surface area contributed by atoms with Crippen molar-refractivity contribution < 1.29 is 14.6 Å². The van der Waals surface area contributed by atoms with Crippen molar-refractivity contribution >= 4 is 5.97 Å². The fourth-order valence-electron chi connectivity index (χ4n) is 1.53. The molecular formula is C15H20O3. The molecule has 0 unspecified atom stereocenters. The number of benzene rings is 1. The van der Waals surface area contributed by atoms with E-state index in [1.165, 1.54) is 0 Å². The zero-order chi connectivity index (χ0) is 13.7. The van der Waals surface area contributed by atoms with Gasteiger partial charge in [-0.15, -0.1) is 0 Å². The molecule has 0 amide bonds. The van der Waals surface area contributed by atoms with Crippen LogP contribution in [-0.4, -0.2) is 17.7 Å². The highest BCUT2D eigenvalue weighted by atomic mass is 16.5. The lowest BCUT2D eigenvalue weighted by Crippen LogP contribution is -2.12. The van der Waals surface area contributed by atoms with Gasteiger partial charge in [0, 0.05) is 23.7 Å². The number of hydrogen-bond donors (Lipinski definition) is 1. The lowest BCUT2D eigenvalue weighted by Gasteiger charge is -2.15. The van der Waals surface area contributed by atoms with Crippen molar-refractivity contribution in [1.29, 1.82) is 0 Å². The minimum atomic E-state index is -0.352. The van der Waals surface area contributed by atoms with Crippen LogP contribution < -0.4 is 4.74 Å². The summed E-state index contributed by atoms with van der Waals surface area (Å²) < 4.78 is 5.38. The first kappa shape index (κ1) is 14.5. The van der Waals surface area contributed by atoms with Gasteiger partial charge in [-0.2, -0.15) is 0 Å². The molecule has 1 aromatic carbocycles. The third-order valence-electron chi connectivity index (χ3n) is 2.93. The van der Waals surface area contributed by atoms with Crippen molar-refractivity contribution in [1.82, 2.24) is 0 Å². The van der Waals surface area contributed by atoms with Gasteiger partial charge in [0.25, 0.3) is 0 Å². The van der Waals surface area contributed by atoms with Crippen LogP contribution in [0.25, 0.3) is 0 Å². The predicted octanol–water partition coefficient (Wildman–Crippen LogP) is 2.96. The Morgan fingerprint density at radius 2 is 2.17 bits per heavy atom. The van der Waals surface area contributed by atoms with Gasteiger partial charge in [0.05, 0.1) is 0 Å². The Bertz CT molecular complexity index is 461. The summed E-state index contributed by atoms with van der Waals surface area (Å²) in [5.41, 5.74) is 2.43. The number of hydrogen-bond acceptors (Lipinski definition) is 3. The number of rotatable bonds is 4. The molecule has 0 fully saturated rings. The molecule has 18 heavy (non-hydrogen) atoms. The van der Waals surface area contributed by atoms with Crippen LogP contribution in [0.4, 0.5) is 0 Å². The van der Waals surface area contributed by atoms with Crippen LogP contribution in [0.3, 0.4) is 0 Å². The Morgan fingerprint density at radius 1 is 1.50 bits per heavy atom. The third kappa shape index (κ3) is 3.44. The maximum absolute atomic E-state index is 11.8. The number of aliphatic hydroxyl groups is 1. The molecule has 1 rings (SSSR count). The van der Waals surface area contributed by atoms with Crippen LogP contribution >= 0.6 is 0 Å². The molecule has 0 aliphatic heterocycles. The molecule has 3 heteroatoms. The summed E-state index contributed by atoms with van der Waals surface area (Å²) in [6.45, 7) is 7.37. The number of ether oxygens (including phenoxy) is 1. The molecule has 0 heterocycles. The van der Waals surface area contributed by atoms with Crippen molar-refractivity contribution in [2.45, 2.75) is 33.6 Å². The van der Waals surface area contributed by atoms with Gasteiger partial charge in [0.15, 0.2) is 0 Å². The zero-order valence-corrected chi connectivity index (χ0v) is 11.4. The van der Waals surface area contributed by atoms with E-state index in [1.807, 2.05) is 32.0 Å². The summed E-state index contributed by atoms with van der Waals surface area (Å²) in [6, 6.07) is 5.66. The highest BCUT2D eigenvalue weighted by Crippen LogP contribution is 2.28. The van der Waals surface area contributed by atoms with E-state index in [2.05, 4.69) is 0 Å². The molecule has 0 aromatic heterocycles. The average molecular weight is 248 g/mol. The fraction of sp³-hybridized carbons (Fsp3) is 0.400. The molecular weight excluding hydrogens is 228 g/mol. The molecule has 0 aliphatic rings. The Hall–Kier alpha value is -1.61. The largest absolute Gasteiger partial charge is 0.423 e. The van der Waals surface area contributed by atoms with E-state index in [0.29, 0.717) is 11.3 Å². The van der Waals surface area contributed by atoms with Crippen LogP contribution in [0.15, 0.2) is 29.8 Å². The minimum absolute atomic E-state index is 0.0240. The first-order chi connectivity index (χ1) is 8.49. The molecule has 1 N–H and O–H groups in total. The number of aryl methyl sites for hydroxylation is 1.